The van der Waals surface area contributed by atoms with Crippen molar-refractivity contribution in [2.45, 2.75) is 36.8 Å². The molecule has 7 heteroatoms. The standard InChI is InChI=1S/C26H30N2O4S/c1-2-27-33(30,31)25-14-7-6-13-24(25)26(29)15-17-28(18-16-26)20-21-9-8-12-23(19-21)32-22-10-4-3-5-11-22/h3-14,19,27,29H,2,15-18,20H2,1H3. The number of para-hydroxylation sites is 1. The molecule has 174 valence electrons. The van der Waals surface area contributed by atoms with E-state index in [-0.39, 0.29) is 4.90 Å². The minimum Gasteiger partial charge on any atom is -0.457 e. The lowest BCUT2D eigenvalue weighted by Crippen LogP contribution is -2.43. The minimum atomic E-state index is -3.66. The predicted molar refractivity (Wildman–Crippen MR) is 129 cm³/mol. The summed E-state index contributed by atoms with van der Waals surface area (Å²) >= 11 is 0. The molecule has 0 saturated carbocycles. The maximum atomic E-state index is 12.7. The molecule has 0 atom stereocenters. The van der Waals surface area contributed by atoms with E-state index in [1.165, 1.54) is 0 Å². The SMILES string of the molecule is CCNS(=O)(=O)c1ccccc1C1(O)CCN(Cc2cccc(Oc3ccccc3)c2)CC1. The number of nitrogens with one attached hydrogen (secondary N) is 1. The van der Waals surface area contributed by atoms with Crippen LogP contribution in [-0.4, -0.2) is 38.1 Å². The third-order valence-electron chi connectivity index (χ3n) is 5.98. The summed E-state index contributed by atoms with van der Waals surface area (Å²) in [5.41, 5.74) is 0.432. The number of benzene rings is 3. The lowest BCUT2D eigenvalue weighted by molar-refractivity contribution is -0.0299. The first-order valence-corrected chi connectivity index (χ1v) is 12.7. The predicted octanol–water partition coefficient (Wildman–Crippen LogP) is 4.26. The number of rotatable bonds is 8. The molecule has 4 rings (SSSR count). The molecule has 1 aliphatic heterocycles. The number of ether oxygens (including phenoxy) is 1. The fourth-order valence-corrected chi connectivity index (χ4v) is 5.63. The van der Waals surface area contributed by atoms with Gasteiger partial charge in [0.05, 0.1) is 10.5 Å². The van der Waals surface area contributed by atoms with E-state index < -0.39 is 15.6 Å². The van der Waals surface area contributed by atoms with Crippen LogP contribution in [0.25, 0.3) is 0 Å². The highest BCUT2D eigenvalue weighted by Crippen LogP contribution is 2.37. The molecule has 0 bridgehead atoms. The molecule has 0 aromatic heterocycles. The maximum Gasteiger partial charge on any atom is 0.240 e. The molecule has 1 aliphatic rings. The normalized spacial score (nSPS) is 16.4. The smallest absolute Gasteiger partial charge is 0.240 e. The molecule has 2 N–H and O–H groups in total. The second-order valence-electron chi connectivity index (χ2n) is 8.37. The highest BCUT2D eigenvalue weighted by Gasteiger charge is 2.37. The third-order valence-corrected chi connectivity index (χ3v) is 7.58. The topological polar surface area (TPSA) is 78.9 Å². The first kappa shape index (κ1) is 23.4. The Bertz CT molecular complexity index is 1170. The number of aliphatic hydroxyl groups is 1. The Labute approximate surface area is 195 Å². The average molecular weight is 467 g/mol. The summed E-state index contributed by atoms with van der Waals surface area (Å²) in [7, 11) is -3.66. The number of hydrogen-bond donors (Lipinski definition) is 2. The first-order valence-electron chi connectivity index (χ1n) is 11.3. The van der Waals surface area contributed by atoms with Gasteiger partial charge in [-0.1, -0.05) is 55.5 Å². The minimum absolute atomic E-state index is 0.161. The first-order chi connectivity index (χ1) is 15.9. The van der Waals surface area contributed by atoms with Crippen molar-refractivity contribution in [3.63, 3.8) is 0 Å². The van der Waals surface area contributed by atoms with Crippen molar-refractivity contribution in [3.05, 3.63) is 90.0 Å². The molecular formula is C26H30N2O4S. The highest BCUT2D eigenvalue weighted by atomic mass is 32.2. The molecule has 0 unspecified atom stereocenters. The molecule has 0 aliphatic carbocycles. The van der Waals surface area contributed by atoms with Gasteiger partial charge in [-0.15, -0.1) is 0 Å². The average Bonchev–Trinajstić information content (AvgIpc) is 2.82. The number of piperidine rings is 1. The Morgan fingerprint density at radius 2 is 1.61 bits per heavy atom. The van der Waals surface area contributed by atoms with Crippen LogP contribution < -0.4 is 9.46 Å². The van der Waals surface area contributed by atoms with Gasteiger partial charge in [0.1, 0.15) is 11.5 Å². The largest absolute Gasteiger partial charge is 0.457 e. The molecule has 3 aromatic rings. The van der Waals surface area contributed by atoms with Gasteiger partial charge in [0.15, 0.2) is 0 Å². The van der Waals surface area contributed by atoms with Crippen molar-refractivity contribution in [3.8, 4) is 11.5 Å². The van der Waals surface area contributed by atoms with Gasteiger partial charge in [-0.05, 0) is 48.7 Å². The number of hydrogen-bond acceptors (Lipinski definition) is 5. The van der Waals surface area contributed by atoms with Crippen molar-refractivity contribution in [1.29, 1.82) is 0 Å². The monoisotopic (exact) mass is 466 g/mol. The molecule has 3 aromatic carbocycles. The Morgan fingerprint density at radius 1 is 0.939 bits per heavy atom. The van der Waals surface area contributed by atoms with Gasteiger partial charge in [0.25, 0.3) is 0 Å². The lowest BCUT2D eigenvalue weighted by atomic mass is 9.84. The summed E-state index contributed by atoms with van der Waals surface area (Å²) in [6.45, 7) is 4.11. The van der Waals surface area contributed by atoms with Crippen LogP contribution in [0.2, 0.25) is 0 Å². The summed E-state index contributed by atoms with van der Waals surface area (Å²) in [6.07, 6.45) is 0.928. The summed E-state index contributed by atoms with van der Waals surface area (Å²) in [4.78, 5) is 2.44. The fraction of sp³-hybridized carbons (Fsp3) is 0.308. The van der Waals surface area contributed by atoms with E-state index in [2.05, 4.69) is 15.7 Å². The van der Waals surface area contributed by atoms with E-state index in [4.69, 9.17) is 4.74 Å². The molecular weight excluding hydrogens is 436 g/mol. The number of sulfonamides is 1. The van der Waals surface area contributed by atoms with E-state index >= 15 is 0 Å². The van der Waals surface area contributed by atoms with Gasteiger partial charge in [0, 0.05) is 31.7 Å². The van der Waals surface area contributed by atoms with Crippen LogP contribution in [0, 0.1) is 0 Å². The van der Waals surface area contributed by atoms with Crippen LogP contribution in [0.1, 0.15) is 30.9 Å². The van der Waals surface area contributed by atoms with E-state index in [9.17, 15) is 13.5 Å². The van der Waals surface area contributed by atoms with Crippen molar-refractivity contribution in [2.24, 2.45) is 0 Å². The molecule has 1 saturated heterocycles. The fourth-order valence-electron chi connectivity index (χ4n) is 4.29. The zero-order valence-corrected chi connectivity index (χ0v) is 19.6. The third kappa shape index (κ3) is 5.62. The van der Waals surface area contributed by atoms with Crippen LogP contribution in [0.15, 0.2) is 83.8 Å². The summed E-state index contributed by atoms with van der Waals surface area (Å²) in [6, 6.07) is 24.5. The molecule has 0 amide bonds. The highest BCUT2D eigenvalue weighted by molar-refractivity contribution is 7.89. The lowest BCUT2D eigenvalue weighted by Gasteiger charge is -2.39. The Morgan fingerprint density at radius 3 is 2.33 bits per heavy atom. The van der Waals surface area contributed by atoms with Crippen LogP contribution in [0.5, 0.6) is 11.5 Å². The summed E-state index contributed by atoms with van der Waals surface area (Å²) < 4.78 is 33.8. The molecule has 33 heavy (non-hydrogen) atoms. The summed E-state index contributed by atoms with van der Waals surface area (Å²) in [5.74, 6) is 1.58. The second-order valence-corrected chi connectivity index (χ2v) is 10.1. The molecule has 1 heterocycles. The second kappa shape index (κ2) is 10.1. The number of likely N-dealkylation sites (tertiary alicyclic amines) is 1. The Hall–Kier alpha value is -2.71. The molecule has 0 radical (unpaired) electrons. The van der Waals surface area contributed by atoms with Gasteiger partial charge < -0.3 is 9.84 Å². The molecule has 0 spiro atoms. The van der Waals surface area contributed by atoms with Crippen LogP contribution in [0.4, 0.5) is 0 Å². The van der Waals surface area contributed by atoms with E-state index in [0.29, 0.717) is 38.0 Å². The van der Waals surface area contributed by atoms with E-state index in [0.717, 1.165) is 23.6 Å². The molecule has 1 fully saturated rings. The van der Waals surface area contributed by atoms with Gasteiger partial charge >= 0.3 is 0 Å². The zero-order valence-electron chi connectivity index (χ0n) is 18.8. The van der Waals surface area contributed by atoms with Crippen LogP contribution >= 0.6 is 0 Å². The van der Waals surface area contributed by atoms with Crippen LogP contribution in [-0.2, 0) is 22.2 Å². The van der Waals surface area contributed by atoms with Gasteiger partial charge in [-0.3, -0.25) is 4.90 Å². The number of nitrogens with zero attached hydrogens (tertiary/aromatic N) is 1. The quantitative estimate of drug-likeness (QED) is 0.519. The van der Waals surface area contributed by atoms with E-state index in [1.54, 1.807) is 31.2 Å². The zero-order chi connectivity index (χ0) is 23.3. The van der Waals surface area contributed by atoms with Gasteiger partial charge in [-0.25, -0.2) is 13.1 Å². The Balaban J connectivity index is 1.43. The van der Waals surface area contributed by atoms with Crippen LogP contribution in [0.3, 0.4) is 0 Å². The van der Waals surface area contributed by atoms with E-state index in [1.807, 2.05) is 48.5 Å². The Kier molecular flexibility index (Phi) is 7.14. The van der Waals surface area contributed by atoms with Gasteiger partial charge in [0.2, 0.25) is 10.0 Å². The maximum absolute atomic E-state index is 12.7. The molecule has 6 nitrogen and oxygen atoms in total. The van der Waals surface area contributed by atoms with Crippen molar-refractivity contribution in [1.82, 2.24) is 9.62 Å². The summed E-state index contributed by atoms with van der Waals surface area (Å²) in [5, 5.41) is 11.4. The van der Waals surface area contributed by atoms with Gasteiger partial charge in [-0.2, -0.15) is 0 Å². The van der Waals surface area contributed by atoms with Crippen molar-refractivity contribution >= 4 is 10.0 Å². The van der Waals surface area contributed by atoms with Crippen molar-refractivity contribution < 1.29 is 18.3 Å². The van der Waals surface area contributed by atoms with Crippen molar-refractivity contribution in [2.75, 3.05) is 19.6 Å².